The van der Waals surface area contributed by atoms with Gasteiger partial charge in [0.2, 0.25) is 0 Å². The van der Waals surface area contributed by atoms with E-state index in [1.54, 1.807) is 0 Å². The molecule has 0 aliphatic carbocycles. The monoisotopic (exact) mass is 747 g/mol. The van der Waals surface area contributed by atoms with E-state index in [9.17, 15) is 0 Å². The number of rotatable bonds is 4. The van der Waals surface area contributed by atoms with E-state index in [0.717, 1.165) is 11.4 Å². The van der Waals surface area contributed by atoms with Crippen LogP contribution in [0.1, 0.15) is 0 Å². The van der Waals surface area contributed by atoms with Gasteiger partial charge in [-0.1, -0.05) is 176 Å². The average molecular weight is 748 g/mol. The molecule has 12 rings (SSSR count). The molecule has 0 amide bonds. The minimum Gasteiger partial charge on any atom is -0.309 e. The molecule has 0 unspecified atom stereocenters. The molecule has 1 aliphatic heterocycles. The first-order chi connectivity index (χ1) is 29.2. The van der Waals surface area contributed by atoms with Gasteiger partial charge in [-0.05, 0) is 136 Å². The highest BCUT2D eigenvalue weighted by molar-refractivity contribution is 6.25. The second-order valence-electron chi connectivity index (χ2n) is 15.7. The van der Waals surface area contributed by atoms with Gasteiger partial charge in [0.05, 0.1) is 11.4 Å². The molecule has 1 heterocycles. The summed E-state index contributed by atoms with van der Waals surface area (Å²) >= 11 is 0. The summed E-state index contributed by atoms with van der Waals surface area (Å²) in [5.41, 5.74) is 15.6. The third-order valence-electron chi connectivity index (χ3n) is 12.4. The van der Waals surface area contributed by atoms with Gasteiger partial charge in [-0.3, -0.25) is 0 Å². The lowest BCUT2D eigenvalue weighted by atomic mass is 9.89. The van der Waals surface area contributed by atoms with Crippen LogP contribution < -0.4 is 4.90 Å². The van der Waals surface area contributed by atoms with Gasteiger partial charge in [0, 0.05) is 16.8 Å². The second kappa shape index (κ2) is 13.4. The normalized spacial score (nSPS) is 12.0. The number of hydrogen-bond acceptors (Lipinski definition) is 1. The Kier molecular flexibility index (Phi) is 7.61. The maximum absolute atomic E-state index is 2.43. The quantitative estimate of drug-likeness (QED) is 0.162. The Bertz CT molecular complexity index is 3400. The van der Waals surface area contributed by atoms with Crippen molar-refractivity contribution in [2.45, 2.75) is 0 Å². The van der Waals surface area contributed by atoms with E-state index < -0.39 is 0 Å². The van der Waals surface area contributed by atoms with Crippen molar-refractivity contribution in [1.82, 2.24) is 0 Å². The number of nitrogens with zero attached hydrogens (tertiary/aromatic N) is 1. The zero-order chi connectivity index (χ0) is 38.9. The van der Waals surface area contributed by atoms with Crippen LogP contribution in [-0.2, 0) is 0 Å². The predicted molar refractivity (Wildman–Crippen MR) is 252 cm³/mol. The summed E-state index contributed by atoms with van der Waals surface area (Å²) in [5, 5.41) is 10.3. The summed E-state index contributed by atoms with van der Waals surface area (Å²) in [6.07, 6.45) is 0. The molecule has 1 aliphatic rings. The van der Waals surface area contributed by atoms with E-state index in [2.05, 4.69) is 229 Å². The number of benzene rings is 11. The van der Waals surface area contributed by atoms with Crippen LogP contribution in [0.4, 0.5) is 17.1 Å². The van der Waals surface area contributed by atoms with Crippen LogP contribution >= 0.6 is 0 Å². The van der Waals surface area contributed by atoms with E-state index in [0.29, 0.717) is 0 Å². The van der Waals surface area contributed by atoms with Gasteiger partial charge in [-0.2, -0.15) is 0 Å². The first kappa shape index (κ1) is 33.4. The van der Waals surface area contributed by atoms with Gasteiger partial charge in [0.1, 0.15) is 0 Å². The molecule has 0 bridgehead atoms. The summed E-state index contributed by atoms with van der Waals surface area (Å²) in [6.45, 7) is 0. The van der Waals surface area contributed by atoms with Gasteiger partial charge < -0.3 is 4.90 Å². The number of para-hydroxylation sites is 2. The molecular weight excluding hydrogens is 711 g/mol. The lowest BCUT2D eigenvalue weighted by Crippen LogP contribution is -2.10. The molecule has 0 saturated heterocycles. The molecule has 11 aromatic carbocycles. The third kappa shape index (κ3) is 5.47. The van der Waals surface area contributed by atoms with E-state index in [4.69, 9.17) is 0 Å². The van der Waals surface area contributed by atoms with Crippen molar-refractivity contribution < 1.29 is 0 Å². The zero-order valence-corrected chi connectivity index (χ0v) is 32.3. The fraction of sp³-hybridized carbons (Fsp3) is 0. The SMILES string of the molecule is c1ccc(N2c3ccccc3-c3ccc(-c4ccc5ccccc5c4)cc3-c3cc(-c4ccc(-c5ccc6c7ccccc7c7ccccc7c6c5)cc4)ccc32)cc1. The molecule has 0 spiro atoms. The van der Waals surface area contributed by atoms with Crippen LogP contribution in [0.25, 0.3) is 98.7 Å². The summed E-state index contributed by atoms with van der Waals surface area (Å²) in [4.78, 5) is 2.43. The van der Waals surface area contributed by atoms with Crippen molar-refractivity contribution in [3.8, 4) is 55.6 Å². The van der Waals surface area contributed by atoms with E-state index in [1.165, 1.54) is 104 Å². The molecule has 0 aromatic heterocycles. The standard InChI is InChI=1S/C58H37N/c1-2-14-46(15-3-1)59-57-21-11-10-20-53(57)52-32-29-45(42-27-26-38-12-4-5-13-41(38)34-42)36-55(52)56-37-44(30-33-58(56)59)40-24-22-39(23-25-40)43-28-31-51-49-18-7-6-16-47(49)48-17-8-9-19-50(48)54(51)35-43/h1-37H. The fourth-order valence-electron chi connectivity index (χ4n) is 9.50. The largest absolute Gasteiger partial charge is 0.309 e. The highest BCUT2D eigenvalue weighted by Crippen LogP contribution is 2.52. The third-order valence-corrected chi connectivity index (χ3v) is 12.4. The highest BCUT2D eigenvalue weighted by Gasteiger charge is 2.27. The Morgan fingerprint density at radius 2 is 0.695 bits per heavy atom. The Balaban J connectivity index is 1.00. The van der Waals surface area contributed by atoms with Crippen molar-refractivity contribution in [1.29, 1.82) is 0 Å². The van der Waals surface area contributed by atoms with Gasteiger partial charge in [0.25, 0.3) is 0 Å². The molecule has 0 saturated carbocycles. The summed E-state index contributed by atoms with van der Waals surface area (Å²) in [6, 6.07) is 82.7. The molecule has 274 valence electrons. The summed E-state index contributed by atoms with van der Waals surface area (Å²) in [5.74, 6) is 0. The number of hydrogen-bond donors (Lipinski definition) is 0. The zero-order valence-electron chi connectivity index (χ0n) is 32.3. The molecule has 1 heteroatoms. The van der Waals surface area contributed by atoms with Crippen molar-refractivity contribution in [3.63, 3.8) is 0 Å². The predicted octanol–water partition coefficient (Wildman–Crippen LogP) is 16.4. The van der Waals surface area contributed by atoms with Gasteiger partial charge in [0.15, 0.2) is 0 Å². The fourth-order valence-corrected chi connectivity index (χ4v) is 9.50. The first-order valence-corrected chi connectivity index (χ1v) is 20.4. The summed E-state index contributed by atoms with van der Waals surface area (Å²) < 4.78 is 0. The topological polar surface area (TPSA) is 3.24 Å². The number of anilines is 3. The second-order valence-corrected chi connectivity index (χ2v) is 15.7. The minimum absolute atomic E-state index is 1.14. The maximum atomic E-state index is 2.43. The lowest BCUT2D eigenvalue weighted by molar-refractivity contribution is 1.29. The lowest BCUT2D eigenvalue weighted by Gasteiger charge is -2.27. The van der Waals surface area contributed by atoms with Gasteiger partial charge in [-0.25, -0.2) is 0 Å². The molecule has 1 nitrogen and oxygen atoms in total. The van der Waals surface area contributed by atoms with Crippen molar-refractivity contribution in [3.05, 3.63) is 224 Å². The minimum atomic E-state index is 1.14. The first-order valence-electron chi connectivity index (χ1n) is 20.4. The van der Waals surface area contributed by atoms with Crippen LogP contribution in [-0.4, -0.2) is 0 Å². The average Bonchev–Trinajstić information content (AvgIpc) is 3.43. The van der Waals surface area contributed by atoms with Gasteiger partial charge >= 0.3 is 0 Å². The molecule has 59 heavy (non-hydrogen) atoms. The van der Waals surface area contributed by atoms with Gasteiger partial charge in [-0.15, -0.1) is 0 Å². The molecule has 0 N–H and O–H groups in total. The summed E-state index contributed by atoms with van der Waals surface area (Å²) in [7, 11) is 0. The van der Waals surface area contributed by atoms with Crippen LogP contribution in [0, 0.1) is 0 Å². The van der Waals surface area contributed by atoms with Crippen LogP contribution in [0.15, 0.2) is 224 Å². The van der Waals surface area contributed by atoms with Crippen molar-refractivity contribution in [2.24, 2.45) is 0 Å². The van der Waals surface area contributed by atoms with Crippen LogP contribution in [0.3, 0.4) is 0 Å². The smallest absolute Gasteiger partial charge is 0.0540 e. The van der Waals surface area contributed by atoms with E-state index in [-0.39, 0.29) is 0 Å². The van der Waals surface area contributed by atoms with E-state index in [1.807, 2.05) is 0 Å². The molecular formula is C58H37N. The highest BCUT2D eigenvalue weighted by atomic mass is 15.1. The van der Waals surface area contributed by atoms with Crippen LogP contribution in [0.2, 0.25) is 0 Å². The Labute approximate surface area is 343 Å². The Hall–Kier alpha value is -7.74. The maximum Gasteiger partial charge on any atom is 0.0540 e. The molecule has 0 radical (unpaired) electrons. The Morgan fingerprint density at radius 3 is 1.44 bits per heavy atom. The Morgan fingerprint density at radius 1 is 0.220 bits per heavy atom. The van der Waals surface area contributed by atoms with Crippen molar-refractivity contribution in [2.75, 3.05) is 4.90 Å². The number of fused-ring (bicyclic) bond motifs is 12. The molecule has 11 aromatic rings. The van der Waals surface area contributed by atoms with Crippen LogP contribution in [0.5, 0.6) is 0 Å². The van der Waals surface area contributed by atoms with Crippen molar-refractivity contribution >= 4 is 60.2 Å². The molecule has 0 atom stereocenters. The van der Waals surface area contributed by atoms with E-state index >= 15 is 0 Å². The molecule has 0 fully saturated rings.